The van der Waals surface area contributed by atoms with Gasteiger partial charge in [-0.1, -0.05) is 102 Å². The van der Waals surface area contributed by atoms with Crippen LogP contribution in [0.25, 0.3) is 33.8 Å². The summed E-state index contributed by atoms with van der Waals surface area (Å²) < 4.78 is 4.63. The molecule has 7 aromatic rings. The molecular formula is C48H51N5Pt. The molecule has 4 aromatic carbocycles. The number of fused-ring (bicyclic) bond motifs is 1. The Balaban J connectivity index is 0.00000497. The van der Waals surface area contributed by atoms with Crippen molar-refractivity contribution in [3.63, 3.8) is 0 Å². The van der Waals surface area contributed by atoms with Gasteiger partial charge in [0.25, 0.3) is 0 Å². The first-order valence-electron chi connectivity index (χ1n) is 18.8. The summed E-state index contributed by atoms with van der Waals surface area (Å²) in [7, 11) is 0. The molecule has 0 atom stereocenters. The Morgan fingerprint density at radius 1 is 0.685 bits per heavy atom. The van der Waals surface area contributed by atoms with E-state index < -0.39 is 0 Å². The van der Waals surface area contributed by atoms with Gasteiger partial charge in [-0.2, -0.15) is 6.07 Å². The number of hydrogen-bond acceptors (Lipinski definition) is 3. The number of benzene rings is 4. The molecule has 54 heavy (non-hydrogen) atoms. The van der Waals surface area contributed by atoms with E-state index in [0.29, 0.717) is 11.8 Å². The van der Waals surface area contributed by atoms with Crippen molar-refractivity contribution in [2.24, 2.45) is 0 Å². The van der Waals surface area contributed by atoms with E-state index in [-0.39, 0.29) is 26.5 Å². The van der Waals surface area contributed by atoms with Crippen LogP contribution in [-0.2, 0) is 26.5 Å². The van der Waals surface area contributed by atoms with Crippen LogP contribution in [0.5, 0.6) is 0 Å². The van der Waals surface area contributed by atoms with Gasteiger partial charge in [-0.15, -0.1) is 47.3 Å². The third-order valence-electron chi connectivity index (χ3n) is 10.7. The van der Waals surface area contributed by atoms with Crippen LogP contribution in [0.2, 0.25) is 0 Å². The first-order chi connectivity index (χ1) is 25.3. The molecule has 0 radical (unpaired) electrons. The van der Waals surface area contributed by atoms with Crippen molar-refractivity contribution < 1.29 is 21.1 Å². The fourth-order valence-electron chi connectivity index (χ4n) is 7.44. The van der Waals surface area contributed by atoms with Crippen molar-refractivity contribution in [1.82, 2.24) is 19.1 Å². The molecule has 3 aromatic heterocycles. The van der Waals surface area contributed by atoms with Gasteiger partial charge < -0.3 is 14.0 Å². The molecule has 0 aliphatic rings. The molecule has 0 saturated carbocycles. The SMILES string of the molecule is Cc1nc(-c2[c-]c(N(c3[c-]c4c(cc3)c(C)c(C)n4-c3cc(C(C)(C)C)ccn3)c3ccccc3)ccc2)n(-c2c(C(C)C)cccc2C(C)C)c1C.[Pt+2]. The molecule has 0 aliphatic carbocycles. The normalized spacial score (nSPS) is 11.8. The Kier molecular flexibility index (Phi) is 11.0. The van der Waals surface area contributed by atoms with Crippen LogP contribution in [-0.4, -0.2) is 19.1 Å². The van der Waals surface area contributed by atoms with E-state index in [2.05, 4.69) is 193 Å². The summed E-state index contributed by atoms with van der Waals surface area (Å²) in [6.45, 7) is 24.5. The average molecular weight is 893 g/mol. The second kappa shape index (κ2) is 15.2. The maximum atomic E-state index is 5.22. The third kappa shape index (κ3) is 7.00. The van der Waals surface area contributed by atoms with Crippen molar-refractivity contribution in [2.75, 3.05) is 4.90 Å². The molecule has 0 saturated heterocycles. The van der Waals surface area contributed by atoms with Crippen LogP contribution in [0.1, 0.15) is 99.6 Å². The summed E-state index contributed by atoms with van der Waals surface area (Å²) in [6, 6.07) is 40.1. The van der Waals surface area contributed by atoms with E-state index in [0.717, 1.165) is 62.3 Å². The van der Waals surface area contributed by atoms with E-state index in [9.17, 15) is 0 Å². The van der Waals surface area contributed by atoms with E-state index >= 15 is 0 Å². The Morgan fingerprint density at radius 3 is 1.98 bits per heavy atom. The molecule has 0 fully saturated rings. The quantitative estimate of drug-likeness (QED) is 0.143. The molecule has 278 valence electrons. The summed E-state index contributed by atoms with van der Waals surface area (Å²) >= 11 is 0. The molecule has 0 aliphatic heterocycles. The average Bonchev–Trinajstić information content (AvgIpc) is 3.58. The number of anilines is 3. The van der Waals surface area contributed by atoms with Gasteiger partial charge >= 0.3 is 21.1 Å². The van der Waals surface area contributed by atoms with E-state index in [1.165, 1.54) is 27.9 Å². The second-order valence-corrected chi connectivity index (χ2v) is 16.0. The first-order valence-corrected chi connectivity index (χ1v) is 18.8. The van der Waals surface area contributed by atoms with Gasteiger partial charge in [0.05, 0.1) is 5.82 Å². The number of nitrogens with zero attached hydrogens (tertiary/aromatic N) is 5. The number of pyridine rings is 1. The minimum atomic E-state index is 0. The topological polar surface area (TPSA) is 38.9 Å². The van der Waals surface area contributed by atoms with Gasteiger partial charge in [0.2, 0.25) is 0 Å². The molecule has 6 heteroatoms. The van der Waals surface area contributed by atoms with E-state index in [1.54, 1.807) is 0 Å². The Hall–Kier alpha value is -4.73. The van der Waals surface area contributed by atoms with Gasteiger partial charge in [0.1, 0.15) is 5.82 Å². The van der Waals surface area contributed by atoms with Crippen LogP contribution in [0.3, 0.4) is 0 Å². The van der Waals surface area contributed by atoms with E-state index in [1.807, 2.05) is 6.20 Å². The zero-order valence-electron chi connectivity index (χ0n) is 33.4. The molecular weight excluding hydrogens is 842 g/mol. The number of hydrogen-bond donors (Lipinski definition) is 0. The van der Waals surface area contributed by atoms with Crippen LogP contribution >= 0.6 is 0 Å². The standard InChI is InChI=1S/C48H51N5.Pt/c1-30(2)41-21-16-22-42(31(3)4)46(41)52-35(8)33(6)50-47(52)36-17-15-20-39(27-36)53(38-18-13-12-14-19-38)40-23-24-43-32(5)34(7)51(44(43)29-40)45-28-37(25-26-49-45)48(9,10)11;/h12-26,28,30-31H,1-11H3;/q-2;+2. The molecule has 0 unspecified atom stereocenters. The predicted octanol–water partition coefficient (Wildman–Crippen LogP) is 12.7. The minimum Gasteiger partial charge on any atom is -0.352 e. The fraction of sp³-hybridized carbons (Fsp3) is 0.292. The summed E-state index contributed by atoms with van der Waals surface area (Å²) in [5.74, 6) is 2.51. The maximum Gasteiger partial charge on any atom is 2.00 e. The summed E-state index contributed by atoms with van der Waals surface area (Å²) in [4.78, 5) is 12.3. The monoisotopic (exact) mass is 892 g/mol. The molecule has 0 bridgehead atoms. The maximum absolute atomic E-state index is 5.22. The molecule has 7 rings (SSSR count). The van der Waals surface area contributed by atoms with Crippen molar-refractivity contribution in [2.45, 2.75) is 93.4 Å². The molecule has 5 nitrogen and oxygen atoms in total. The first kappa shape index (κ1) is 39.0. The predicted molar refractivity (Wildman–Crippen MR) is 222 cm³/mol. The molecule has 3 heterocycles. The van der Waals surface area contributed by atoms with Gasteiger partial charge in [-0.05, 0) is 91.6 Å². The number of para-hydroxylation sites is 2. The molecule has 0 amide bonds. The largest absolute Gasteiger partial charge is 2.00 e. The Bertz CT molecular complexity index is 2420. The van der Waals surface area contributed by atoms with Gasteiger partial charge in [0, 0.05) is 34.7 Å². The molecule has 0 N–H and O–H groups in total. The third-order valence-corrected chi connectivity index (χ3v) is 10.7. The van der Waals surface area contributed by atoms with E-state index in [4.69, 9.17) is 9.97 Å². The van der Waals surface area contributed by atoms with Gasteiger partial charge in [0.15, 0.2) is 0 Å². The van der Waals surface area contributed by atoms with Gasteiger partial charge in [-0.25, -0.2) is 4.98 Å². The van der Waals surface area contributed by atoms with Crippen molar-refractivity contribution in [3.05, 3.63) is 149 Å². The van der Waals surface area contributed by atoms with Crippen LogP contribution < -0.4 is 4.90 Å². The summed E-state index contributed by atoms with van der Waals surface area (Å²) in [5, 5.41) is 1.16. The smallest absolute Gasteiger partial charge is 0.352 e. The zero-order chi connectivity index (χ0) is 37.8. The zero-order valence-corrected chi connectivity index (χ0v) is 35.7. The number of aryl methyl sites for hydroxylation is 2. The van der Waals surface area contributed by atoms with Crippen molar-refractivity contribution in [3.8, 4) is 22.9 Å². The number of aromatic nitrogens is 4. The number of imidazole rings is 1. The van der Waals surface area contributed by atoms with Crippen LogP contribution in [0.15, 0.2) is 97.2 Å². The van der Waals surface area contributed by atoms with Crippen LogP contribution in [0.4, 0.5) is 17.1 Å². The molecule has 0 spiro atoms. The number of rotatable bonds is 8. The van der Waals surface area contributed by atoms with Crippen molar-refractivity contribution >= 4 is 28.0 Å². The Morgan fingerprint density at radius 2 is 1.33 bits per heavy atom. The second-order valence-electron chi connectivity index (χ2n) is 16.0. The minimum absolute atomic E-state index is 0. The summed E-state index contributed by atoms with van der Waals surface area (Å²) in [5.41, 5.74) is 14.5. The Labute approximate surface area is 336 Å². The summed E-state index contributed by atoms with van der Waals surface area (Å²) in [6.07, 6.45) is 1.92. The van der Waals surface area contributed by atoms with Crippen LogP contribution in [0, 0.1) is 39.8 Å². The fourth-order valence-corrected chi connectivity index (χ4v) is 7.44. The van der Waals surface area contributed by atoms with Gasteiger partial charge in [-0.3, -0.25) is 4.98 Å². The van der Waals surface area contributed by atoms with Crippen molar-refractivity contribution in [1.29, 1.82) is 0 Å².